The van der Waals surface area contributed by atoms with Gasteiger partial charge in [-0.15, -0.1) is 11.3 Å². The van der Waals surface area contributed by atoms with Crippen molar-refractivity contribution in [1.29, 1.82) is 0 Å². The van der Waals surface area contributed by atoms with Crippen molar-refractivity contribution in [2.45, 2.75) is 39.2 Å². The summed E-state index contributed by atoms with van der Waals surface area (Å²) in [6, 6.07) is 8.67. The van der Waals surface area contributed by atoms with Gasteiger partial charge in [0.1, 0.15) is 6.54 Å². The van der Waals surface area contributed by atoms with Crippen LogP contribution in [0.5, 0.6) is 0 Å². The van der Waals surface area contributed by atoms with E-state index in [1.807, 2.05) is 19.9 Å². The molecule has 0 spiro atoms. The molecule has 0 aliphatic carbocycles. The van der Waals surface area contributed by atoms with Crippen molar-refractivity contribution >= 4 is 40.1 Å². The summed E-state index contributed by atoms with van der Waals surface area (Å²) in [5.74, 6) is -1.13. The van der Waals surface area contributed by atoms with Gasteiger partial charge in [0.2, 0.25) is 17.7 Å². The number of primary amides is 1. The number of likely N-dealkylation sites (tertiary alicyclic amines) is 1. The lowest BCUT2D eigenvalue weighted by atomic mass is 9.96. The molecule has 2 aromatic rings. The molecule has 2 heterocycles. The molecule has 33 heavy (non-hydrogen) atoms. The van der Waals surface area contributed by atoms with E-state index in [-0.39, 0.29) is 48.6 Å². The third kappa shape index (κ3) is 6.61. The lowest BCUT2D eigenvalue weighted by Gasteiger charge is -2.30. The smallest absolute Gasteiger partial charge is 0.254 e. The molecular weight excluding hydrogens is 442 g/mol. The van der Waals surface area contributed by atoms with E-state index in [0.29, 0.717) is 42.3 Å². The van der Waals surface area contributed by atoms with Crippen molar-refractivity contribution in [3.8, 4) is 0 Å². The summed E-state index contributed by atoms with van der Waals surface area (Å²) in [7, 11) is 0. The van der Waals surface area contributed by atoms with Crippen LogP contribution in [-0.2, 0) is 20.8 Å². The van der Waals surface area contributed by atoms with Gasteiger partial charge < -0.3 is 20.9 Å². The minimum atomic E-state index is -0.353. The minimum absolute atomic E-state index is 0.0689. The fourth-order valence-corrected chi connectivity index (χ4v) is 4.40. The number of thiazole rings is 1. The Morgan fingerprint density at radius 2 is 1.85 bits per heavy atom. The number of nitrogens with one attached hydrogen (secondary N) is 1. The van der Waals surface area contributed by atoms with Gasteiger partial charge in [-0.3, -0.25) is 19.2 Å². The third-order valence-electron chi connectivity index (χ3n) is 5.60. The molecule has 1 fully saturated rings. The van der Waals surface area contributed by atoms with Crippen LogP contribution >= 0.6 is 11.3 Å². The molecule has 0 radical (unpaired) electrons. The van der Waals surface area contributed by atoms with Crippen molar-refractivity contribution < 1.29 is 19.2 Å². The second-order valence-corrected chi connectivity index (χ2v) is 9.18. The van der Waals surface area contributed by atoms with Crippen molar-refractivity contribution in [1.82, 2.24) is 14.8 Å². The summed E-state index contributed by atoms with van der Waals surface area (Å²) >= 11 is 1.23. The Bertz CT molecular complexity index is 999. The first-order chi connectivity index (χ1) is 15.7. The molecular formula is C23H29N5O4S. The number of anilines is 1. The first kappa shape index (κ1) is 24.4. The largest absolute Gasteiger partial charge is 0.369 e. The fraction of sp³-hybridized carbons (Fsp3) is 0.435. The number of nitrogens with two attached hydrogens (primary N) is 1. The van der Waals surface area contributed by atoms with E-state index >= 15 is 0 Å². The van der Waals surface area contributed by atoms with Gasteiger partial charge in [0.15, 0.2) is 5.13 Å². The molecule has 176 valence electrons. The molecule has 9 nitrogen and oxygen atoms in total. The van der Waals surface area contributed by atoms with Crippen LogP contribution in [0.2, 0.25) is 0 Å². The molecule has 1 aliphatic rings. The average Bonchev–Trinajstić information content (AvgIpc) is 3.23. The first-order valence-corrected chi connectivity index (χ1v) is 11.8. The molecule has 0 atom stereocenters. The topological polar surface area (TPSA) is 126 Å². The molecule has 0 saturated carbocycles. The molecule has 0 unspecified atom stereocenters. The highest BCUT2D eigenvalue weighted by Crippen LogP contribution is 2.20. The monoisotopic (exact) mass is 471 g/mol. The Morgan fingerprint density at radius 3 is 2.45 bits per heavy atom. The number of nitrogens with zero attached hydrogens (tertiary/aromatic N) is 3. The summed E-state index contributed by atoms with van der Waals surface area (Å²) in [4.78, 5) is 56.7. The van der Waals surface area contributed by atoms with Gasteiger partial charge in [0.05, 0.1) is 12.1 Å². The van der Waals surface area contributed by atoms with E-state index in [1.54, 1.807) is 34.5 Å². The maximum atomic E-state index is 12.8. The summed E-state index contributed by atoms with van der Waals surface area (Å²) in [5, 5.41) is 4.84. The Hall–Kier alpha value is -3.27. The van der Waals surface area contributed by atoms with Crippen LogP contribution in [0.3, 0.4) is 0 Å². The lowest BCUT2D eigenvalue weighted by molar-refractivity contribution is -0.134. The molecule has 1 saturated heterocycles. The number of aromatic nitrogens is 1. The van der Waals surface area contributed by atoms with Crippen LogP contribution in [0.15, 0.2) is 35.7 Å². The third-order valence-corrected chi connectivity index (χ3v) is 6.41. The summed E-state index contributed by atoms with van der Waals surface area (Å²) in [6.45, 7) is 4.61. The van der Waals surface area contributed by atoms with Crippen LogP contribution in [0.1, 0.15) is 42.7 Å². The molecule has 1 aliphatic heterocycles. The molecule has 3 rings (SSSR count). The van der Waals surface area contributed by atoms with Gasteiger partial charge in [-0.2, -0.15) is 0 Å². The highest BCUT2D eigenvalue weighted by Gasteiger charge is 2.26. The van der Waals surface area contributed by atoms with Crippen LogP contribution < -0.4 is 11.1 Å². The van der Waals surface area contributed by atoms with Crippen LogP contribution in [-0.4, -0.2) is 64.1 Å². The SMILES string of the molecule is CC(C)N(CC(=O)Nc1nc(CC(=O)N2CCC(C(N)=O)CC2)cs1)C(=O)c1ccccc1. The van der Waals surface area contributed by atoms with Crippen LogP contribution in [0.4, 0.5) is 5.13 Å². The van der Waals surface area contributed by atoms with Gasteiger partial charge in [-0.1, -0.05) is 18.2 Å². The zero-order valence-electron chi connectivity index (χ0n) is 18.8. The Kier molecular flexibility index (Phi) is 8.16. The molecule has 1 aromatic carbocycles. The lowest BCUT2D eigenvalue weighted by Crippen LogP contribution is -2.42. The number of piperidine rings is 1. The van der Waals surface area contributed by atoms with Gasteiger partial charge >= 0.3 is 0 Å². The fourth-order valence-electron chi connectivity index (χ4n) is 3.67. The van der Waals surface area contributed by atoms with E-state index < -0.39 is 0 Å². The van der Waals surface area contributed by atoms with E-state index in [4.69, 9.17) is 5.73 Å². The highest BCUT2D eigenvalue weighted by atomic mass is 32.1. The predicted octanol–water partition coefficient (Wildman–Crippen LogP) is 1.90. The van der Waals surface area contributed by atoms with Crippen molar-refractivity contribution in [2.75, 3.05) is 25.0 Å². The highest BCUT2D eigenvalue weighted by molar-refractivity contribution is 7.13. The number of amides is 4. The summed E-state index contributed by atoms with van der Waals surface area (Å²) < 4.78 is 0. The van der Waals surface area contributed by atoms with Crippen molar-refractivity contribution in [2.24, 2.45) is 11.7 Å². The standard InChI is InChI=1S/C23H29N5O4S/c1-15(2)28(22(32)17-6-4-3-5-7-17)13-19(29)26-23-25-18(14-33-23)12-20(30)27-10-8-16(9-11-27)21(24)31/h3-7,14-16H,8-13H2,1-2H3,(H2,24,31)(H,25,26,29). The second-order valence-electron chi connectivity index (χ2n) is 8.32. The van der Waals surface area contributed by atoms with Crippen LogP contribution in [0, 0.1) is 5.92 Å². The number of hydrogen-bond donors (Lipinski definition) is 2. The van der Waals surface area contributed by atoms with Gasteiger partial charge in [-0.05, 0) is 38.8 Å². The first-order valence-electron chi connectivity index (χ1n) is 10.9. The normalized spacial score (nSPS) is 14.2. The number of benzene rings is 1. The Balaban J connectivity index is 1.53. The van der Waals surface area contributed by atoms with E-state index in [0.717, 1.165) is 0 Å². The van der Waals surface area contributed by atoms with E-state index in [2.05, 4.69) is 10.3 Å². The number of carbonyl (C=O) groups is 4. The molecule has 3 N–H and O–H groups in total. The molecule has 1 aromatic heterocycles. The van der Waals surface area contributed by atoms with Crippen molar-refractivity contribution in [3.05, 3.63) is 47.0 Å². The number of hydrogen-bond acceptors (Lipinski definition) is 6. The van der Waals surface area contributed by atoms with E-state index in [9.17, 15) is 19.2 Å². The Morgan fingerprint density at radius 1 is 1.18 bits per heavy atom. The molecule has 10 heteroatoms. The van der Waals surface area contributed by atoms with Gasteiger partial charge in [-0.25, -0.2) is 4.98 Å². The van der Waals surface area contributed by atoms with Crippen LogP contribution in [0.25, 0.3) is 0 Å². The average molecular weight is 472 g/mol. The summed E-state index contributed by atoms with van der Waals surface area (Å²) in [5.41, 5.74) is 6.43. The number of carbonyl (C=O) groups excluding carboxylic acids is 4. The summed E-state index contributed by atoms with van der Waals surface area (Å²) in [6.07, 6.45) is 1.28. The molecule has 4 amide bonds. The van der Waals surface area contributed by atoms with Gasteiger partial charge in [0, 0.05) is 36.0 Å². The maximum Gasteiger partial charge on any atom is 0.254 e. The zero-order chi connectivity index (χ0) is 24.0. The quantitative estimate of drug-likeness (QED) is 0.608. The zero-order valence-corrected chi connectivity index (χ0v) is 19.6. The van der Waals surface area contributed by atoms with Crippen molar-refractivity contribution in [3.63, 3.8) is 0 Å². The molecule has 0 bridgehead atoms. The minimum Gasteiger partial charge on any atom is -0.369 e. The predicted molar refractivity (Wildman–Crippen MR) is 126 cm³/mol. The van der Waals surface area contributed by atoms with E-state index in [1.165, 1.54) is 16.2 Å². The number of rotatable bonds is 8. The Labute approximate surface area is 197 Å². The second kappa shape index (κ2) is 11.0. The van der Waals surface area contributed by atoms with Gasteiger partial charge in [0.25, 0.3) is 5.91 Å². The maximum absolute atomic E-state index is 12.8.